The summed E-state index contributed by atoms with van der Waals surface area (Å²) >= 11 is 0. The zero-order valence-corrected chi connectivity index (χ0v) is 24.0. The van der Waals surface area contributed by atoms with Crippen LogP contribution >= 0.6 is 0 Å². The van der Waals surface area contributed by atoms with Gasteiger partial charge in [0.25, 0.3) is 0 Å². The van der Waals surface area contributed by atoms with Crippen molar-refractivity contribution in [2.45, 2.75) is 76.7 Å². The molecule has 5 amide bonds. The van der Waals surface area contributed by atoms with Crippen molar-refractivity contribution in [2.24, 2.45) is 17.4 Å². The molecule has 0 aliphatic heterocycles. The molecular formula is C28H40N8O6. The number of rotatable bonds is 17. The Kier molecular flexibility index (Phi) is 13.3. The Balaban J connectivity index is 2.16. The molecule has 0 bridgehead atoms. The number of imidazole rings is 1. The number of nitrogens with one attached hydrogen (secondary N) is 5. The second-order valence-corrected chi connectivity index (χ2v) is 10.5. The van der Waals surface area contributed by atoms with Gasteiger partial charge in [0.05, 0.1) is 24.8 Å². The summed E-state index contributed by atoms with van der Waals surface area (Å²) in [6, 6.07) is 3.62. The maximum absolute atomic E-state index is 13.4. The van der Waals surface area contributed by atoms with Gasteiger partial charge >= 0.3 is 0 Å². The molecule has 1 aromatic carbocycles. The van der Waals surface area contributed by atoms with Crippen molar-refractivity contribution in [2.75, 3.05) is 0 Å². The van der Waals surface area contributed by atoms with E-state index in [-0.39, 0.29) is 25.2 Å². The summed E-state index contributed by atoms with van der Waals surface area (Å²) in [7, 11) is 0. The molecule has 1 heterocycles. The van der Waals surface area contributed by atoms with Crippen LogP contribution in [0.5, 0.6) is 0 Å². The maximum atomic E-state index is 13.4. The topological polar surface area (TPSA) is 231 Å². The molecule has 14 nitrogen and oxygen atoms in total. The summed E-state index contributed by atoms with van der Waals surface area (Å²) < 4.78 is 0. The maximum Gasteiger partial charge on any atom is 0.243 e. The minimum absolute atomic E-state index is 0.0150. The zero-order chi connectivity index (χ0) is 31.2. The largest absolute Gasteiger partial charge is 0.370 e. The van der Waals surface area contributed by atoms with E-state index in [4.69, 9.17) is 11.5 Å². The van der Waals surface area contributed by atoms with Crippen molar-refractivity contribution in [1.29, 1.82) is 0 Å². The summed E-state index contributed by atoms with van der Waals surface area (Å²) in [6.45, 7) is 5.16. The van der Waals surface area contributed by atoms with E-state index < -0.39 is 66.2 Å². The predicted octanol–water partition coefficient (Wildman–Crippen LogP) is -1.40. The molecule has 228 valence electrons. The van der Waals surface area contributed by atoms with E-state index in [0.29, 0.717) is 12.0 Å². The van der Waals surface area contributed by atoms with Crippen LogP contribution in [0.25, 0.3) is 0 Å². The number of carbonyl (C=O) groups excluding carboxylic acids is 6. The number of aromatic amines is 1. The molecule has 0 spiro atoms. The Labute approximate surface area is 244 Å². The van der Waals surface area contributed by atoms with Crippen molar-refractivity contribution in [3.63, 3.8) is 0 Å². The van der Waals surface area contributed by atoms with Crippen LogP contribution < -0.4 is 32.7 Å². The number of primary amides is 1. The minimum atomic E-state index is -1.14. The quantitative estimate of drug-likeness (QED) is 0.109. The fraction of sp³-hybridized carbons (Fsp3) is 0.464. The Bertz CT molecular complexity index is 1200. The number of hydrogen-bond donors (Lipinski definition) is 7. The lowest BCUT2D eigenvalue weighted by Gasteiger charge is -2.26. The monoisotopic (exact) mass is 584 g/mol. The van der Waals surface area contributed by atoms with Crippen LogP contribution in [0.3, 0.4) is 0 Å². The number of nitrogens with zero attached hydrogens (tertiary/aromatic N) is 1. The SMILES string of the molecule is CC(C)C[C@H](NC(=O)[C@@H](N)Cc1cnc[nH]1)C(=O)N[C@@H](Cc1ccccc1)C(=O)N[C@@H](C)C(=O)N[C@H](C=O)CC(N)=O. The molecule has 0 aliphatic carbocycles. The highest BCUT2D eigenvalue weighted by atomic mass is 16.2. The van der Waals surface area contributed by atoms with Gasteiger partial charge in [-0.15, -0.1) is 0 Å². The Morgan fingerprint density at radius 1 is 0.881 bits per heavy atom. The second-order valence-electron chi connectivity index (χ2n) is 10.5. The highest BCUT2D eigenvalue weighted by molar-refractivity contribution is 5.95. The van der Waals surface area contributed by atoms with Crippen LogP contribution in [-0.2, 0) is 41.6 Å². The van der Waals surface area contributed by atoms with Gasteiger partial charge in [-0.3, -0.25) is 24.0 Å². The number of aldehydes is 1. The smallest absolute Gasteiger partial charge is 0.243 e. The van der Waals surface area contributed by atoms with E-state index >= 15 is 0 Å². The molecule has 14 heteroatoms. The molecule has 9 N–H and O–H groups in total. The van der Waals surface area contributed by atoms with Crippen LogP contribution in [0.15, 0.2) is 42.9 Å². The van der Waals surface area contributed by atoms with Crippen molar-refractivity contribution in [1.82, 2.24) is 31.2 Å². The van der Waals surface area contributed by atoms with Gasteiger partial charge < -0.3 is 42.5 Å². The van der Waals surface area contributed by atoms with E-state index in [2.05, 4.69) is 31.2 Å². The van der Waals surface area contributed by atoms with Crippen molar-refractivity contribution < 1.29 is 28.8 Å². The third-order valence-corrected chi connectivity index (χ3v) is 6.25. The molecule has 0 unspecified atom stereocenters. The fourth-order valence-electron chi connectivity index (χ4n) is 4.08. The first kappa shape index (κ1) is 33.6. The van der Waals surface area contributed by atoms with E-state index in [1.807, 2.05) is 13.8 Å². The molecule has 0 fully saturated rings. The first-order chi connectivity index (χ1) is 19.9. The molecule has 5 atom stereocenters. The first-order valence-electron chi connectivity index (χ1n) is 13.6. The van der Waals surface area contributed by atoms with Crippen molar-refractivity contribution >= 4 is 35.8 Å². The molecule has 2 aromatic rings. The van der Waals surface area contributed by atoms with E-state index in [1.54, 1.807) is 36.5 Å². The molecular weight excluding hydrogens is 544 g/mol. The molecule has 0 radical (unpaired) electrons. The second kappa shape index (κ2) is 16.6. The normalized spacial score (nSPS) is 14.5. The van der Waals surface area contributed by atoms with Gasteiger partial charge in [0, 0.05) is 24.7 Å². The summed E-state index contributed by atoms with van der Waals surface area (Å²) in [5.41, 5.74) is 12.5. The standard InChI is InChI=1S/C28H40N8O6/c1-16(2)9-22(35-26(40)21(29)11-19-13-31-15-32-19)28(42)36-23(10-18-7-5-4-6-8-18)27(41)33-17(3)25(39)34-20(14-37)12-24(30)38/h4-8,13-17,20-23H,9-12,29H2,1-3H3,(H2,30,38)(H,31,32)(H,33,41)(H,34,39)(H,35,40)(H,36,42)/t17-,20-,21-,22-,23-/m0/s1. The van der Waals surface area contributed by atoms with Crippen LogP contribution in [-0.4, -0.2) is 76.0 Å². The lowest BCUT2D eigenvalue weighted by atomic mass is 10.0. The lowest BCUT2D eigenvalue weighted by Crippen LogP contribution is -2.58. The van der Waals surface area contributed by atoms with Crippen molar-refractivity contribution in [3.05, 3.63) is 54.1 Å². The Morgan fingerprint density at radius 2 is 1.52 bits per heavy atom. The summed E-state index contributed by atoms with van der Waals surface area (Å²) in [5, 5.41) is 10.3. The number of H-pyrrole nitrogens is 1. The van der Waals surface area contributed by atoms with E-state index in [1.165, 1.54) is 13.3 Å². The van der Waals surface area contributed by atoms with Gasteiger partial charge in [-0.05, 0) is 24.8 Å². The molecule has 1 aromatic heterocycles. The molecule has 0 aliphatic rings. The number of hydrogen-bond acceptors (Lipinski definition) is 8. The third-order valence-electron chi connectivity index (χ3n) is 6.25. The Hall–Kier alpha value is -4.59. The number of benzene rings is 1. The van der Waals surface area contributed by atoms with Gasteiger partial charge in [-0.25, -0.2) is 4.98 Å². The highest BCUT2D eigenvalue weighted by Crippen LogP contribution is 2.09. The van der Waals surface area contributed by atoms with Gasteiger partial charge in [0.15, 0.2) is 0 Å². The van der Waals surface area contributed by atoms with Crippen LogP contribution in [0.2, 0.25) is 0 Å². The van der Waals surface area contributed by atoms with Gasteiger partial charge in [-0.2, -0.15) is 0 Å². The minimum Gasteiger partial charge on any atom is -0.370 e. The Morgan fingerprint density at radius 3 is 2.10 bits per heavy atom. The van der Waals surface area contributed by atoms with E-state index in [0.717, 1.165) is 5.56 Å². The molecule has 2 rings (SSSR count). The fourth-order valence-corrected chi connectivity index (χ4v) is 4.08. The zero-order valence-electron chi connectivity index (χ0n) is 24.0. The average Bonchev–Trinajstić information content (AvgIpc) is 3.44. The van der Waals surface area contributed by atoms with Crippen LogP contribution in [0.1, 0.15) is 44.9 Å². The van der Waals surface area contributed by atoms with Gasteiger partial charge in [0.2, 0.25) is 29.5 Å². The summed E-state index contributed by atoms with van der Waals surface area (Å²) in [5.74, 6) is -3.29. The summed E-state index contributed by atoms with van der Waals surface area (Å²) in [4.78, 5) is 81.3. The molecule has 0 saturated heterocycles. The van der Waals surface area contributed by atoms with Crippen LogP contribution in [0.4, 0.5) is 0 Å². The van der Waals surface area contributed by atoms with Crippen molar-refractivity contribution in [3.8, 4) is 0 Å². The number of aromatic nitrogens is 2. The molecule has 42 heavy (non-hydrogen) atoms. The molecule has 0 saturated carbocycles. The lowest BCUT2D eigenvalue weighted by molar-refractivity contribution is -0.134. The predicted molar refractivity (Wildman–Crippen MR) is 153 cm³/mol. The van der Waals surface area contributed by atoms with Gasteiger partial charge in [0.1, 0.15) is 24.4 Å². The summed E-state index contributed by atoms with van der Waals surface area (Å²) in [6.07, 6.45) is 3.56. The number of nitrogens with two attached hydrogens (primary N) is 2. The van der Waals surface area contributed by atoms with Gasteiger partial charge in [-0.1, -0.05) is 44.2 Å². The van der Waals surface area contributed by atoms with E-state index in [9.17, 15) is 28.8 Å². The van der Waals surface area contributed by atoms with Crippen LogP contribution in [0, 0.1) is 5.92 Å². The average molecular weight is 585 g/mol. The number of carbonyl (C=O) groups is 6. The third kappa shape index (κ3) is 11.5. The highest BCUT2D eigenvalue weighted by Gasteiger charge is 2.30. The number of amides is 5. The first-order valence-corrected chi connectivity index (χ1v) is 13.6.